The summed E-state index contributed by atoms with van der Waals surface area (Å²) < 4.78 is 70.6. The van der Waals surface area contributed by atoms with Crippen molar-refractivity contribution in [3.8, 4) is 0 Å². The highest BCUT2D eigenvalue weighted by atomic mass is 35.5. The molecule has 0 aromatic heterocycles. The Morgan fingerprint density at radius 1 is 0.833 bits per heavy atom. The van der Waals surface area contributed by atoms with Gasteiger partial charge < -0.3 is 0 Å². The molecule has 0 aromatic carbocycles. The molecule has 0 rings (SSSR count). The Hall–Kier alpha value is 0.160. The molecule has 0 aromatic rings. The molecular formula is C4H2Cl2F6. The Bertz CT molecular complexity index is 138. The van der Waals surface area contributed by atoms with Gasteiger partial charge in [-0.3, -0.25) is 0 Å². The SMILES string of the molecule is FC(F)C(F)(F)C(F)(F)C(Cl)Cl. The van der Waals surface area contributed by atoms with Crippen molar-refractivity contribution in [2.24, 2.45) is 0 Å². The smallest absolute Gasteiger partial charge is 0.203 e. The number of hydrogen-bond donors (Lipinski definition) is 0. The highest BCUT2D eigenvalue weighted by Crippen LogP contribution is 2.44. The summed E-state index contributed by atoms with van der Waals surface area (Å²) in [4.78, 5) is -2.87. The zero-order valence-corrected chi connectivity index (χ0v) is 6.69. The Labute approximate surface area is 73.4 Å². The number of hydrogen-bond acceptors (Lipinski definition) is 0. The fraction of sp³-hybridized carbons (Fsp3) is 1.00. The van der Waals surface area contributed by atoms with Crippen molar-refractivity contribution >= 4 is 23.2 Å². The minimum absolute atomic E-state index is 2.87. The molecule has 0 unspecified atom stereocenters. The van der Waals surface area contributed by atoms with Gasteiger partial charge in [0, 0.05) is 0 Å². The van der Waals surface area contributed by atoms with E-state index in [1.54, 1.807) is 0 Å². The van der Waals surface area contributed by atoms with Gasteiger partial charge in [-0.2, -0.15) is 17.6 Å². The van der Waals surface area contributed by atoms with Crippen LogP contribution in [-0.2, 0) is 0 Å². The minimum atomic E-state index is -5.51. The Morgan fingerprint density at radius 2 is 1.17 bits per heavy atom. The Kier molecular flexibility index (Phi) is 3.54. The molecule has 0 aliphatic carbocycles. The lowest BCUT2D eigenvalue weighted by molar-refractivity contribution is -0.257. The molecule has 0 aliphatic rings. The fourth-order valence-electron chi connectivity index (χ4n) is 0.291. The summed E-state index contributed by atoms with van der Waals surface area (Å²) >= 11 is 8.80. The third-order valence-electron chi connectivity index (χ3n) is 0.993. The molecule has 0 N–H and O–H groups in total. The van der Waals surface area contributed by atoms with Crippen LogP contribution >= 0.6 is 23.2 Å². The molecule has 0 saturated carbocycles. The summed E-state index contributed by atoms with van der Waals surface area (Å²) in [6.45, 7) is 0. The zero-order chi connectivity index (χ0) is 10.2. The van der Waals surface area contributed by atoms with Crippen molar-refractivity contribution < 1.29 is 26.3 Å². The standard InChI is InChI=1S/C4H2Cl2F6/c5-1(6)3(9,10)4(11,12)2(7)8/h1-2H. The van der Waals surface area contributed by atoms with Crippen LogP contribution in [0, 0.1) is 0 Å². The van der Waals surface area contributed by atoms with Gasteiger partial charge in [0.25, 0.3) is 0 Å². The first-order valence-electron chi connectivity index (χ1n) is 2.46. The number of halogens is 8. The monoisotopic (exact) mass is 234 g/mol. The molecule has 0 aliphatic heterocycles. The second-order valence-electron chi connectivity index (χ2n) is 1.85. The van der Waals surface area contributed by atoms with Gasteiger partial charge in [0.1, 0.15) is 0 Å². The third-order valence-corrected chi connectivity index (χ3v) is 1.54. The van der Waals surface area contributed by atoms with Crippen LogP contribution in [0.5, 0.6) is 0 Å². The third kappa shape index (κ3) is 1.90. The average molecular weight is 235 g/mol. The number of alkyl halides is 8. The molecule has 0 atom stereocenters. The molecule has 0 saturated heterocycles. The Morgan fingerprint density at radius 3 is 1.25 bits per heavy atom. The first-order chi connectivity index (χ1) is 5.14. The lowest BCUT2D eigenvalue weighted by atomic mass is 10.2. The summed E-state index contributed by atoms with van der Waals surface area (Å²) in [6, 6.07) is 0. The normalized spacial score (nSPS) is 14.5. The van der Waals surface area contributed by atoms with Crippen molar-refractivity contribution in [2.45, 2.75) is 23.1 Å². The lowest BCUT2D eigenvalue weighted by Gasteiger charge is -2.26. The Balaban J connectivity index is 4.75. The summed E-state index contributed by atoms with van der Waals surface area (Å²) in [5, 5.41) is 0. The van der Waals surface area contributed by atoms with E-state index in [1.807, 2.05) is 0 Å². The van der Waals surface area contributed by atoms with Crippen molar-refractivity contribution in [1.82, 2.24) is 0 Å². The zero-order valence-electron chi connectivity index (χ0n) is 5.18. The maximum Gasteiger partial charge on any atom is 0.372 e. The molecule has 8 heteroatoms. The molecule has 0 heterocycles. The van der Waals surface area contributed by atoms with Crippen LogP contribution in [0.2, 0.25) is 0 Å². The highest BCUT2D eigenvalue weighted by molar-refractivity contribution is 6.45. The van der Waals surface area contributed by atoms with E-state index in [9.17, 15) is 26.3 Å². The maximum absolute atomic E-state index is 12.1. The van der Waals surface area contributed by atoms with E-state index < -0.39 is 23.1 Å². The van der Waals surface area contributed by atoms with Gasteiger partial charge >= 0.3 is 18.3 Å². The molecule has 0 radical (unpaired) electrons. The van der Waals surface area contributed by atoms with Gasteiger partial charge in [-0.25, -0.2) is 8.78 Å². The van der Waals surface area contributed by atoms with Gasteiger partial charge in [-0.05, 0) is 0 Å². The van der Waals surface area contributed by atoms with Crippen LogP contribution in [0.1, 0.15) is 0 Å². The maximum atomic E-state index is 12.1. The predicted molar refractivity (Wildman–Crippen MR) is 31.4 cm³/mol. The average Bonchev–Trinajstić information content (AvgIpc) is 1.86. The second-order valence-corrected chi connectivity index (χ2v) is 2.94. The molecule has 0 nitrogen and oxygen atoms in total. The summed E-state index contributed by atoms with van der Waals surface area (Å²) in [5.41, 5.74) is 0. The molecule has 0 amide bonds. The van der Waals surface area contributed by atoms with E-state index in [0.29, 0.717) is 0 Å². The molecule has 0 bridgehead atoms. The second kappa shape index (κ2) is 3.49. The van der Waals surface area contributed by atoms with Gasteiger partial charge in [-0.1, -0.05) is 23.2 Å². The molecule has 12 heavy (non-hydrogen) atoms. The first kappa shape index (κ1) is 12.2. The van der Waals surface area contributed by atoms with E-state index >= 15 is 0 Å². The van der Waals surface area contributed by atoms with Crippen LogP contribution in [0.3, 0.4) is 0 Å². The molecule has 74 valence electrons. The van der Waals surface area contributed by atoms with Crippen LogP contribution < -0.4 is 0 Å². The van der Waals surface area contributed by atoms with Gasteiger partial charge in [0.05, 0.1) is 0 Å². The predicted octanol–water partition coefficient (Wildman–Crippen LogP) is 3.33. The highest BCUT2D eigenvalue weighted by Gasteiger charge is 2.66. The molecule has 0 spiro atoms. The van der Waals surface area contributed by atoms with Gasteiger partial charge in [0.15, 0.2) is 4.84 Å². The molecule has 0 fully saturated rings. The van der Waals surface area contributed by atoms with E-state index in [2.05, 4.69) is 23.2 Å². The fourth-order valence-corrected chi connectivity index (χ4v) is 0.582. The van der Waals surface area contributed by atoms with Crippen molar-refractivity contribution in [2.75, 3.05) is 0 Å². The van der Waals surface area contributed by atoms with Crippen LogP contribution in [0.4, 0.5) is 26.3 Å². The largest absolute Gasteiger partial charge is 0.372 e. The van der Waals surface area contributed by atoms with Crippen LogP contribution in [-0.4, -0.2) is 23.1 Å². The van der Waals surface area contributed by atoms with Gasteiger partial charge in [-0.15, -0.1) is 0 Å². The van der Waals surface area contributed by atoms with Crippen LogP contribution in [0.25, 0.3) is 0 Å². The van der Waals surface area contributed by atoms with E-state index in [1.165, 1.54) is 0 Å². The van der Waals surface area contributed by atoms with Crippen molar-refractivity contribution in [3.63, 3.8) is 0 Å². The van der Waals surface area contributed by atoms with Gasteiger partial charge in [0.2, 0.25) is 0 Å². The number of rotatable bonds is 3. The lowest BCUT2D eigenvalue weighted by Crippen LogP contribution is -2.50. The first-order valence-corrected chi connectivity index (χ1v) is 3.33. The van der Waals surface area contributed by atoms with Crippen molar-refractivity contribution in [1.29, 1.82) is 0 Å². The quantitative estimate of drug-likeness (QED) is 0.519. The molecular weight excluding hydrogens is 233 g/mol. The van der Waals surface area contributed by atoms with E-state index in [0.717, 1.165) is 0 Å². The van der Waals surface area contributed by atoms with E-state index in [-0.39, 0.29) is 0 Å². The summed E-state index contributed by atoms with van der Waals surface area (Å²) in [7, 11) is 0. The van der Waals surface area contributed by atoms with E-state index in [4.69, 9.17) is 0 Å². The minimum Gasteiger partial charge on any atom is -0.203 e. The summed E-state index contributed by atoms with van der Waals surface area (Å²) in [5.74, 6) is -10.6. The topological polar surface area (TPSA) is 0 Å². The van der Waals surface area contributed by atoms with Crippen molar-refractivity contribution in [3.05, 3.63) is 0 Å². The summed E-state index contributed by atoms with van der Waals surface area (Å²) in [6.07, 6.45) is -4.51. The van der Waals surface area contributed by atoms with Crippen LogP contribution in [0.15, 0.2) is 0 Å².